The Hall–Kier alpha value is -0.410. The maximum atomic E-state index is 12.5. The third-order valence-corrected chi connectivity index (χ3v) is 12.0. The molecule has 11 nitrogen and oxygen atoms in total. The molecule has 12 heteroatoms. The van der Waals surface area contributed by atoms with E-state index in [2.05, 4.69) is 0 Å². The lowest BCUT2D eigenvalue weighted by Crippen LogP contribution is -2.77. The highest BCUT2D eigenvalue weighted by atomic mass is 32.3. The molecule has 0 aliphatic heterocycles. The van der Waals surface area contributed by atoms with Crippen molar-refractivity contribution in [3.8, 4) is 0 Å². The molecule has 0 bridgehead atoms. The van der Waals surface area contributed by atoms with Crippen molar-refractivity contribution in [2.75, 3.05) is 6.61 Å². The second kappa shape index (κ2) is 10.7. The van der Waals surface area contributed by atoms with Crippen LogP contribution in [0.1, 0.15) is 72.6 Å². The van der Waals surface area contributed by atoms with Crippen LogP contribution in [0.3, 0.4) is 0 Å². The smallest absolute Gasteiger partial charge is 0.396 e. The Kier molecular flexibility index (Phi) is 8.65. The van der Waals surface area contributed by atoms with Crippen molar-refractivity contribution in [3.63, 3.8) is 0 Å². The molecule has 0 aromatic rings. The molecule has 0 aromatic carbocycles. The first-order chi connectivity index (χ1) is 17.9. The molecule has 15 atom stereocenters. The molecule has 0 radical (unpaired) electrons. The summed E-state index contributed by atoms with van der Waals surface area (Å²) in [4.78, 5) is 0. The highest BCUT2D eigenvalue weighted by molar-refractivity contribution is 7.80. The predicted octanol–water partition coefficient (Wildman–Crippen LogP) is 0.237. The van der Waals surface area contributed by atoms with Crippen molar-refractivity contribution in [1.82, 2.24) is 0 Å². The van der Waals surface area contributed by atoms with Gasteiger partial charge in [0.05, 0.1) is 24.4 Å². The van der Waals surface area contributed by atoms with Gasteiger partial charge < -0.3 is 35.7 Å². The van der Waals surface area contributed by atoms with Crippen LogP contribution in [-0.2, 0) is 14.6 Å². The largest absolute Gasteiger partial charge is 0.397 e. The summed E-state index contributed by atoms with van der Waals surface area (Å²) in [6.45, 7) is 7.69. The second-order valence-corrected chi connectivity index (χ2v) is 14.8. The van der Waals surface area contributed by atoms with E-state index in [9.17, 15) is 48.7 Å². The Balaban J connectivity index is 1.75. The summed E-state index contributed by atoms with van der Waals surface area (Å²) in [6.07, 6.45) is -5.37. The SMILES string of the molecule is CC(CO)CCC[C@@H](C)[C@H]1[C@@H](O)[C@@H](O)[C@@H]2[C@]1(C)CC[C@@H]1[C@@]3(C)CC[C@H](O)[C@H](O)[C@@H]3[C@@H](OS(=O)(=O)O)[C@@H](O)[C@]12O. The fourth-order valence-corrected chi connectivity index (χ4v) is 10.3. The van der Waals surface area contributed by atoms with Crippen LogP contribution in [0.2, 0.25) is 0 Å². The average Bonchev–Trinajstić information content (AvgIpc) is 3.04. The third-order valence-electron chi connectivity index (χ3n) is 11.5. The second-order valence-electron chi connectivity index (χ2n) is 13.7. The lowest BCUT2D eigenvalue weighted by molar-refractivity contribution is -0.318. The summed E-state index contributed by atoms with van der Waals surface area (Å²) >= 11 is 0. The molecular formula is C27H48O11S. The Labute approximate surface area is 231 Å². The van der Waals surface area contributed by atoms with E-state index in [1.807, 2.05) is 20.8 Å². The zero-order chi connectivity index (χ0) is 29.3. The quantitative estimate of drug-likeness (QED) is 0.183. The molecule has 0 heterocycles. The van der Waals surface area contributed by atoms with Crippen LogP contribution < -0.4 is 0 Å². The van der Waals surface area contributed by atoms with Gasteiger partial charge in [0.25, 0.3) is 0 Å². The number of rotatable bonds is 8. The van der Waals surface area contributed by atoms with Crippen molar-refractivity contribution in [1.29, 1.82) is 0 Å². The minimum absolute atomic E-state index is 0.0590. The molecule has 0 spiro atoms. The average molecular weight is 581 g/mol. The van der Waals surface area contributed by atoms with Gasteiger partial charge in [-0.3, -0.25) is 4.55 Å². The van der Waals surface area contributed by atoms with Gasteiger partial charge in [0, 0.05) is 18.4 Å². The number of fused-ring (bicyclic) bond motifs is 5. The van der Waals surface area contributed by atoms with Crippen LogP contribution >= 0.6 is 0 Å². The van der Waals surface area contributed by atoms with Gasteiger partial charge in [-0.05, 0) is 66.6 Å². The Morgan fingerprint density at radius 1 is 0.923 bits per heavy atom. The van der Waals surface area contributed by atoms with Crippen LogP contribution in [0, 0.1) is 46.3 Å². The van der Waals surface area contributed by atoms with Crippen molar-refractivity contribution < 1.29 is 52.9 Å². The highest BCUT2D eigenvalue weighted by Gasteiger charge is 2.77. The van der Waals surface area contributed by atoms with Gasteiger partial charge in [0.15, 0.2) is 0 Å². The van der Waals surface area contributed by atoms with Crippen LogP contribution in [0.4, 0.5) is 0 Å². The van der Waals surface area contributed by atoms with E-state index in [-0.39, 0.29) is 31.3 Å². The third kappa shape index (κ3) is 4.90. The monoisotopic (exact) mass is 580 g/mol. The standard InChI is InChI=1S/C27H48O11S/c1-13(12-28)6-5-7-14(2)17-20(31)21(32)23-26(17,4)11-9-16-25(3)10-8-15(29)19(30)18(25)22(38-39(35,36)37)24(33)27(16,23)34/h13-24,28-34H,5-12H2,1-4H3,(H,35,36,37)/t13?,14-,15+,16-,17+,18-,19+,20-,21-,22-,23-,24-,25-,26-,27+/m1/s1. The fourth-order valence-electron chi connectivity index (χ4n) is 9.83. The molecule has 4 fully saturated rings. The topological polar surface area (TPSA) is 205 Å². The summed E-state index contributed by atoms with van der Waals surface area (Å²) in [5, 5.41) is 77.9. The van der Waals surface area contributed by atoms with E-state index < -0.39 is 87.1 Å². The lowest BCUT2D eigenvalue weighted by atomic mass is 9.40. The first-order valence-electron chi connectivity index (χ1n) is 14.3. The summed E-state index contributed by atoms with van der Waals surface area (Å²) in [6, 6.07) is 0. The zero-order valence-corrected chi connectivity index (χ0v) is 24.1. The van der Waals surface area contributed by atoms with Crippen LogP contribution in [0.25, 0.3) is 0 Å². The van der Waals surface area contributed by atoms with E-state index in [0.29, 0.717) is 12.8 Å². The van der Waals surface area contributed by atoms with Crippen molar-refractivity contribution in [2.24, 2.45) is 46.3 Å². The molecule has 0 aromatic heterocycles. The van der Waals surface area contributed by atoms with E-state index in [1.165, 1.54) is 0 Å². The number of aliphatic hydroxyl groups is 7. The van der Waals surface area contributed by atoms with E-state index in [0.717, 1.165) is 19.3 Å². The van der Waals surface area contributed by atoms with Crippen molar-refractivity contribution in [2.45, 2.75) is 115 Å². The van der Waals surface area contributed by atoms with Gasteiger partial charge in [-0.15, -0.1) is 0 Å². The molecule has 8 N–H and O–H groups in total. The summed E-state index contributed by atoms with van der Waals surface area (Å²) in [5.41, 5.74) is -3.96. The molecule has 4 aliphatic rings. The van der Waals surface area contributed by atoms with Crippen LogP contribution in [0.15, 0.2) is 0 Å². The molecule has 0 amide bonds. The van der Waals surface area contributed by atoms with Gasteiger partial charge in [-0.2, -0.15) is 8.42 Å². The molecule has 4 aliphatic carbocycles. The Morgan fingerprint density at radius 2 is 1.54 bits per heavy atom. The zero-order valence-electron chi connectivity index (χ0n) is 23.3. The summed E-state index contributed by atoms with van der Waals surface area (Å²) in [5.74, 6) is -3.23. The summed E-state index contributed by atoms with van der Waals surface area (Å²) in [7, 11) is -5.14. The Bertz CT molecular complexity index is 994. The molecule has 4 saturated carbocycles. The van der Waals surface area contributed by atoms with Gasteiger partial charge in [0.1, 0.15) is 17.8 Å². The van der Waals surface area contributed by atoms with Crippen molar-refractivity contribution in [3.05, 3.63) is 0 Å². The Morgan fingerprint density at radius 3 is 2.13 bits per heavy atom. The minimum atomic E-state index is -5.14. The lowest BCUT2D eigenvalue weighted by Gasteiger charge is -2.68. The predicted molar refractivity (Wildman–Crippen MR) is 139 cm³/mol. The van der Waals surface area contributed by atoms with E-state index in [1.54, 1.807) is 6.92 Å². The first-order valence-corrected chi connectivity index (χ1v) is 15.7. The van der Waals surface area contributed by atoms with E-state index >= 15 is 0 Å². The minimum Gasteiger partial charge on any atom is -0.396 e. The maximum Gasteiger partial charge on any atom is 0.397 e. The molecule has 228 valence electrons. The maximum absolute atomic E-state index is 12.5. The molecule has 1 unspecified atom stereocenters. The number of hydrogen-bond donors (Lipinski definition) is 8. The normalized spacial score (nSPS) is 51.5. The van der Waals surface area contributed by atoms with Gasteiger partial charge in [-0.25, -0.2) is 4.18 Å². The van der Waals surface area contributed by atoms with Gasteiger partial charge in [0.2, 0.25) is 0 Å². The van der Waals surface area contributed by atoms with Crippen molar-refractivity contribution >= 4 is 10.4 Å². The molecule has 4 rings (SSSR count). The van der Waals surface area contributed by atoms with Crippen LogP contribution in [0.5, 0.6) is 0 Å². The molecular weight excluding hydrogens is 532 g/mol. The highest BCUT2D eigenvalue weighted by Crippen LogP contribution is 2.70. The number of hydrogen-bond acceptors (Lipinski definition) is 10. The number of aliphatic hydroxyl groups excluding tert-OH is 6. The summed E-state index contributed by atoms with van der Waals surface area (Å²) < 4.78 is 38.3. The van der Waals surface area contributed by atoms with Gasteiger partial charge >= 0.3 is 10.4 Å². The van der Waals surface area contributed by atoms with E-state index in [4.69, 9.17) is 4.18 Å². The first kappa shape index (κ1) is 31.5. The van der Waals surface area contributed by atoms with Crippen LogP contribution in [-0.4, -0.2) is 97.5 Å². The fraction of sp³-hybridized carbons (Fsp3) is 1.00. The van der Waals surface area contributed by atoms with Gasteiger partial charge in [-0.1, -0.05) is 40.5 Å². The molecule has 0 saturated heterocycles. The molecule has 39 heavy (non-hydrogen) atoms.